The molecule has 5 rings (SSSR count). The fourth-order valence-corrected chi connectivity index (χ4v) is 3.32. The number of anilines is 4. The Balaban J connectivity index is 1.34. The van der Waals surface area contributed by atoms with Crippen LogP contribution in [0.1, 0.15) is 18.1 Å². The zero-order valence-corrected chi connectivity index (χ0v) is 14.8. The summed E-state index contributed by atoms with van der Waals surface area (Å²) in [5, 5.41) is 6.55. The van der Waals surface area contributed by atoms with Crippen LogP contribution in [0.25, 0.3) is 6.08 Å². The minimum atomic E-state index is 0.254. The van der Waals surface area contributed by atoms with Crippen LogP contribution < -0.4 is 20.1 Å². The van der Waals surface area contributed by atoms with E-state index in [1.165, 1.54) is 16.7 Å². The number of aromatic nitrogens is 2. The van der Waals surface area contributed by atoms with Crippen molar-refractivity contribution in [1.29, 1.82) is 0 Å². The lowest BCUT2D eigenvalue weighted by Crippen LogP contribution is -2.00. The van der Waals surface area contributed by atoms with Crippen LogP contribution in [0, 0.1) is 0 Å². The van der Waals surface area contributed by atoms with E-state index in [1.54, 1.807) is 6.20 Å². The molecule has 2 aromatic carbocycles. The molecule has 0 radical (unpaired) electrons. The Bertz CT molecular complexity index is 1060. The van der Waals surface area contributed by atoms with Gasteiger partial charge in [0.15, 0.2) is 11.5 Å². The van der Waals surface area contributed by atoms with Crippen molar-refractivity contribution in [1.82, 2.24) is 9.97 Å². The predicted octanol–water partition coefficient (Wildman–Crippen LogP) is 4.65. The summed E-state index contributed by atoms with van der Waals surface area (Å²) in [6.07, 6.45) is 4.99. The smallest absolute Gasteiger partial charge is 0.231 e. The van der Waals surface area contributed by atoms with Crippen LogP contribution in [-0.4, -0.2) is 16.8 Å². The third-order valence-electron chi connectivity index (χ3n) is 4.57. The first-order valence-corrected chi connectivity index (χ1v) is 8.80. The molecule has 0 atom stereocenters. The lowest BCUT2D eigenvalue weighted by atomic mass is 10.1. The molecule has 1 aromatic heterocycles. The Morgan fingerprint density at radius 3 is 2.74 bits per heavy atom. The van der Waals surface area contributed by atoms with Gasteiger partial charge in [0.2, 0.25) is 12.7 Å². The highest BCUT2D eigenvalue weighted by Gasteiger charge is 2.14. The zero-order chi connectivity index (χ0) is 18.2. The third kappa shape index (κ3) is 3.17. The van der Waals surface area contributed by atoms with E-state index in [0.29, 0.717) is 5.95 Å². The summed E-state index contributed by atoms with van der Waals surface area (Å²) in [7, 11) is 0. The fraction of sp³-hybridized carbons (Fsp3) is 0.143. The van der Waals surface area contributed by atoms with Gasteiger partial charge in [-0.25, -0.2) is 4.98 Å². The minimum absolute atomic E-state index is 0.254. The summed E-state index contributed by atoms with van der Waals surface area (Å²) < 4.78 is 10.7. The van der Waals surface area contributed by atoms with Crippen molar-refractivity contribution in [2.45, 2.75) is 13.3 Å². The number of nitrogens with zero attached hydrogens (tertiary/aromatic N) is 2. The van der Waals surface area contributed by atoms with Gasteiger partial charge in [-0.15, -0.1) is 0 Å². The second-order valence-electron chi connectivity index (χ2n) is 6.66. The first-order valence-electron chi connectivity index (χ1n) is 8.80. The Labute approximate surface area is 156 Å². The van der Waals surface area contributed by atoms with Gasteiger partial charge >= 0.3 is 0 Å². The van der Waals surface area contributed by atoms with E-state index >= 15 is 0 Å². The number of benzene rings is 2. The molecule has 1 aliphatic carbocycles. The highest BCUT2D eigenvalue weighted by atomic mass is 16.7. The van der Waals surface area contributed by atoms with E-state index in [0.717, 1.165) is 35.1 Å². The molecular weight excluding hydrogens is 340 g/mol. The Morgan fingerprint density at radius 1 is 0.926 bits per heavy atom. The molecular formula is C21H18N4O2. The number of hydrogen-bond acceptors (Lipinski definition) is 6. The molecule has 0 unspecified atom stereocenters. The molecule has 134 valence electrons. The summed E-state index contributed by atoms with van der Waals surface area (Å²) in [5.74, 6) is 2.70. The van der Waals surface area contributed by atoms with Crippen LogP contribution in [0.15, 0.2) is 54.2 Å². The molecule has 6 heteroatoms. The van der Waals surface area contributed by atoms with Gasteiger partial charge in [-0.1, -0.05) is 17.7 Å². The molecule has 0 saturated carbocycles. The van der Waals surface area contributed by atoms with Crippen LogP contribution >= 0.6 is 0 Å². The third-order valence-corrected chi connectivity index (χ3v) is 4.57. The van der Waals surface area contributed by atoms with E-state index in [-0.39, 0.29) is 6.79 Å². The van der Waals surface area contributed by atoms with Crippen molar-refractivity contribution < 1.29 is 9.47 Å². The second-order valence-corrected chi connectivity index (χ2v) is 6.66. The van der Waals surface area contributed by atoms with Crippen LogP contribution in [0.4, 0.5) is 23.1 Å². The van der Waals surface area contributed by atoms with Crippen molar-refractivity contribution in [2.75, 3.05) is 17.4 Å². The average molecular weight is 358 g/mol. The number of hydrogen-bond donors (Lipinski definition) is 2. The average Bonchev–Trinajstić information content (AvgIpc) is 3.26. The van der Waals surface area contributed by atoms with Gasteiger partial charge in [-0.05, 0) is 54.8 Å². The number of nitrogens with one attached hydrogen (secondary N) is 2. The lowest BCUT2D eigenvalue weighted by Gasteiger charge is -2.10. The quantitative estimate of drug-likeness (QED) is 0.707. The highest BCUT2D eigenvalue weighted by Crippen LogP contribution is 2.35. The van der Waals surface area contributed by atoms with Gasteiger partial charge in [-0.3, -0.25) is 0 Å². The molecule has 1 aliphatic heterocycles. The van der Waals surface area contributed by atoms with Crippen molar-refractivity contribution in [3.8, 4) is 11.5 Å². The van der Waals surface area contributed by atoms with Gasteiger partial charge in [0.25, 0.3) is 0 Å². The normalized spacial score (nSPS) is 13.9. The van der Waals surface area contributed by atoms with Gasteiger partial charge in [-0.2, -0.15) is 4.98 Å². The number of rotatable bonds is 4. The van der Waals surface area contributed by atoms with E-state index in [9.17, 15) is 0 Å². The van der Waals surface area contributed by atoms with Crippen LogP contribution in [0.2, 0.25) is 0 Å². The van der Waals surface area contributed by atoms with E-state index < -0.39 is 0 Å². The fourth-order valence-electron chi connectivity index (χ4n) is 3.32. The number of allylic oxidation sites excluding steroid dienone is 1. The summed E-state index contributed by atoms with van der Waals surface area (Å²) in [6.45, 7) is 2.41. The maximum absolute atomic E-state index is 5.40. The SMILES string of the molecule is CC1=Cc2cc(Nc3ccnc(Nc4ccc5c(c4)OCO5)n3)ccc2C1. The van der Waals surface area contributed by atoms with E-state index in [2.05, 4.69) is 51.8 Å². The van der Waals surface area contributed by atoms with Gasteiger partial charge in [0, 0.05) is 23.6 Å². The molecule has 2 aliphatic rings. The number of fused-ring (bicyclic) bond motifs is 2. The molecule has 0 bridgehead atoms. The van der Waals surface area contributed by atoms with Crippen LogP contribution in [0.5, 0.6) is 11.5 Å². The topological polar surface area (TPSA) is 68.3 Å². The monoisotopic (exact) mass is 358 g/mol. The largest absolute Gasteiger partial charge is 0.454 e. The zero-order valence-electron chi connectivity index (χ0n) is 14.8. The Kier molecular flexibility index (Phi) is 3.67. The standard InChI is InChI=1S/C21H18N4O2/c1-13-8-14-2-3-16(10-15(14)9-13)23-20-6-7-22-21(25-20)24-17-4-5-18-19(11-17)27-12-26-18/h2-7,9-11H,8,12H2,1H3,(H2,22,23,24,25). The van der Waals surface area contributed by atoms with Crippen molar-refractivity contribution in [2.24, 2.45) is 0 Å². The molecule has 2 heterocycles. The highest BCUT2D eigenvalue weighted by molar-refractivity contribution is 5.70. The maximum atomic E-state index is 5.40. The molecule has 3 aromatic rings. The van der Waals surface area contributed by atoms with E-state index in [4.69, 9.17) is 9.47 Å². The Morgan fingerprint density at radius 2 is 1.78 bits per heavy atom. The van der Waals surface area contributed by atoms with E-state index in [1.807, 2.05) is 24.3 Å². The van der Waals surface area contributed by atoms with Gasteiger partial charge in [0.1, 0.15) is 5.82 Å². The first-order chi connectivity index (χ1) is 13.2. The molecule has 6 nitrogen and oxygen atoms in total. The maximum Gasteiger partial charge on any atom is 0.231 e. The molecule has 0 amide bonds. The van der Waals surface area contributed by atoms with Crippen molar-refractivity contribution in [3.05, 3.63) is 65.4 Å². The molecule has 0 fully saturated rings. The molecule has 2 N–H and O–H groups in total. The summed E-state index contributed by atoms with van der Waals surface area (Å²) in [4.78, 5) is 8.84. The van der Waals surface area contributed by atoms with Gasteiger partial charge in [0.05, 0.1) is 0 Å². The minimum Gasteiger partial charge on any atom is -0.454 e. The summed E-state index contributed by atoms with van der Waals surface area (Å²) in [5.41, 5.74) is 5.87. The Hall–Kier alpha value is -3.54. The first kappa shape index (κ1) is 15.7. The number of ether oxygens (including phenoxy) is 2. The van der Waals surface area contributed by atoms with Crippen LogP contribution in [0.3, 0.4) is 0 Å². The molecule has 0 spiro atoms. The van der Waals surface area contributed by atoms with Crippen molar-refractivity contribution in [3.63, 3.8) is 0 Å². The predicted molar refractivity (Wildman–Crippen MR) is 105 cm³/mol. The lowest BCUT2D eigenvalue weighted by molar-refractivity contribution is 0.174. The second kappa shape index (κ2) is 6.32. The van der Waals surface area contributed by atoms with Gasteiger partial charge < -0.3 is 20.1 Å². The summed E-state index contributed by atoms with van der Waals surface area (Å²) in [6, 6.07) is 13.9. The summed E-state index contributed by atoms with van der Waals surface area (Å²) >= 11 is 0. The van der Waals surface area contributed by atoms with Crippen molar-refractivity contribution >= 4 is 29.2 Å². The van der Waals surface area contributed by atoms with Crippen LogP contribution in [-0.2, 0) is 6.42 Å². The molecule has 27 heavy (non-hydrogen) atoms. The molecule has 0 saturated heterocycles.